The molecule has 2 rings (SSSR count). The maximum absolute atomic E-state index is 4.20. The van der Waals surface area contributed by atoms with Gasteiger partial charge in [-0.2, -0.15) is 4.80 Å². The smallest absolute Gasteiger partial charge is 0.176 e. The highest BCUT2D eigenvalue weighted by molar-refractivity contribution is 9.10. The van der Waals surface area contributed by atoms with Gasteiger partial charge in [0, 0.05) is 16.9 Å². The Morgan fingerprint density at radius 2 is 2.00 bits per heavy atom. The van der Waals surface area contributed by atoms with E-state index in [4.69, 9.17) is 0 Å². The van der Waals surface area contributed by atoms with Gasteiger partial charge in [0.2, 0.25) is 0 Å². The predicted molar refractivity (Wildman–Crippen MR) is 73.2 cm³/mol. The minimum absolute atomic E-state index is 0.315. The molecule has 0 radical (unpaired) electrons. The van der Waals surface area contributed by atoms with Crippen molar-refractivity contribution in [1.29, 1.82) is 0 Å². The molecule has 1 atom stereocenters. The summed E-state index contributed by atoms with van der Waals surface area (Å²) >= 11 is 3.44. The van der Waals surface area contributed by atoms with Crippen LogP contribution in [0, 0.1) is 0 Å². The minimum atomic E-state index is 0.315. The maximum atomic E-state index is 4.20. The molecule has 0 fully saturated rings. The predicted octanol–water partition coefficient (Wildman–Crippen LogP) is 1.35. The summed E-state index contributed by atoms with van der Waals surface area (Å²) in [6.07, 6.45) is 1.72. The van der Waals surface area contributed by atoms with Crippen LogP contribution in [0.4, 0.5) is 0 Å². The first-order valence-electron chi connectivity index (χ1n) is 5.82. The molecular weight excluding hydrogens is 294 g/mol. The van der Waals surface area contributed by atoms with Crippen molar-refractivity contribution < 1.29 is 0 Å². The Balaban J connectivity index is 1.99. The van der Waals surface area contributed by atoms with Crippen molar-refractivity contribution in [2.75, 3.05) is 7.05 Å². The average Bonchev–Trinajstić information content (AvgIpc) is 2.77. The van der Waals surface area contributed by atoms with Crippen molar-refractivity contribution >= 4 is 15.9 Å². The van der Waals surface area contributed by atoms with Crippen LogP contribution in [0.3, 0.4) is 0 Å². The van der Waals surface area contributed by atoms with Gasteiger partial charge >= 0.3 is 0 Å². The number of likely N-dealkylation sites (N-methyl/N-ethyl adjacent to an activating group) is 1. The number of tetrazole rings is 1. The lowest BCUT2D eigenvalue weighted by molar-refractivity contribution is 0.540. The summed E-state index contributed by atoms with van der Waals surface area (Å²) in [4.78, 5) is 1.49. The summed E-state index contributed by atoms with van der Waals surface area (Å²) in [5, 5.41) is 15.4. The van der Waals surface area contributed by atoms with E-state index in [9.17, 15) is 0 Å². The zero-order valence-electron chi connectivity index (χ0n) is 10.5. The van der Waals surface area contributed by atoms with Gasteiger partial charge in [0.15, 0.2) is 5.82 Å². The second-order valence-electron chi connectivity index (χ2n) is 4.22. The van der Waals surface area contributed by atoms with Gasteiger partial charge in [-0.3, -0.25) is 0 Å². The number of nitrogens with zero attached hydrogens (tertiary/aromatic N) is 4. The Morgan fingerprint density at radius 3 is 2.56 bits per heavy atom. The number of rotatable bonds is 5. The molecule has 0 bridgehead atoms. The lowest BCUT2D eigenvalue weighted by Crippen LogP contribution is -2.30. The molecule has 1 aromatic carbocycles. The summed E-state index contributed by atoms with van der Waals surface area (Å²) in [5.41, 5.74) is 1.29. The Labute approximate surface area is 115 Å². The van der Waals surface area contributed by atoms with E-state index >= 15 is 0 Å². The summed E-state index contributed by atoms with van der Waals surface area (Å²) < 4.78 is 1.10. The molecule has 1 N–H and O–H groups in total. The van der Waals surface area contributed by atoms with Crippen LogP contribution in [-0.4, -0.2) is 33.3 Å². The number of halogens is 1. The molecule has 0 aliphatic heterocycles. The second-order valence-corrected chi connectivity index (χ2v) is 5.13. The molecule has 0 amide bonds. The highest BCUT2D eigenvalue weighted by atomic mass is 79.9. The van der Waals surface area contributed by atoms with E-state index in [2.05, 4.69) is 60.9 Å². The fourth-order valence-electron chi connectivity index (χ4n) is 1.81. The highest BCUT2D eigenvalue weighted by Gasteiger charge is 2.11. The largest absolute Gasteiger partial charge is 0.316 e. The zero-order valence-corrected chi connectivity index (χ0v) is 12.1. The summed E-state index contributed by atoms with van der Waals surface area (Å²) in [5.74, 6) is 0.772. The molecule has 0 aliphatic rings. The van der Waals surface area contributed by atoms with E-state index in [1.807, 2.05) is 7.05 Å². The molecule has 2 aromatic rings. The normalized spacial score (nSPS) is 12.6. The van der Waals surface area contributed by atoms with Gasteiger partial charge in [-0.25, -0.2) is 0 Å². The molecule has 6 heteroatoms. The van der Waals surface area contributed by atoms with Crippen LogP contribution in [0.15, 0.2) is 28.7 Å². The van der Waals surface area contributed by atoms with Crippen molar-refractivity contribution in [3.63, 3.8) is 0 Å². The fraction of sp³-hybridized carbons (Fsp3) is 0.417. The van der Waals surface area contributed by atoms with Crippen molar-refractivity contribution in [2.45, 2.75) is 18.9 Å². The van der Waals surface area contributed by atoms with Gasteiger partial charge in [0.1, 0.15) is 0 Å². The molecule has 96 valence electrons. The van der Waals surface area contributed by atoms with Crippen LogP contribution in [0.2, 0.25) is 0 Å². The average molecular weight is 310 g/mol. The molecule has 1 aromatic heterocycles. The van der Waals surface area contributed by atoms with Crippen LogP contribution in [0.25, 0.3) is 0 Å². The van der Waals surface area contributed by atoms with Gasteiger partial charge in [-0.05, 0) is 36.4 Å². The Bertz CT molecular complexity index is 493. The number of benzene rings is 1. The molecule has 0 aliphatic carbocycles. The van der Waals surface area contributed by atoms with E-state index < -0.39 is 0 Å². The summed E-state index contributed by atoms with van der Waals surface area (Å²) in [6, 6.07) is 8.68. The Hall–Kier alpha value is -1.27. The number of aromatic nitrogens is 4. The third kappa shape index (κ3) is 3.61. The molecular formula is C12H16BrN5. The van der Waals surface area contributed by atoms with Crippen molar-refractivity contribution in [1.82, 2.24) is 25.5 Å². The molecule has 0 saturated heterocycles. The van der Waals surface area contributed by atoms with E-state index in [-0.39, 0.29) is 0 Å². The van der Waals surface area contributed by atoms with E-state index in [1.165, 1.54) is 10.4 Å². The highest BCUT2D eigenvalue weighted by Crippen LogP contribution is 2.12. The van der Waals surface area contributed by atoms with Gasteiger partial charge in [-0.15, -0.1) is 10.2 Å². The van der Waals surface area contributed by atoms with Crippen LogP contribution >= 0.6 is 15.9 Å². The molecule has 0 spiro atoms. The SMILES string of the molecule is CNC(Cc1ccc(Br)cc1)Cc1nnn(C)n1. The molecule has 1 heterocycles. The standard InChI is InChI=1S/C12H16BrN5/c1-14-11(8-12-15-17-18(2)16-12)7-9-3-5-10(13)6-4-9/h3-6,11,14H,7-8H2,1-2H3. The first-order chi connectivity index (χ1) is 8.67. The van der Waals surface area contributed by atoms with E-state index in [0.717, 1.165) is 23.1 Å². The fourth-order valence-corrected chi connectivity index (χ4v) is 2.07. The molecule has 5 nitrogen and oxygen atoms in total. The van der Waals surface area contributed by atoms with Crippen LogP contribution < -0.4 is 5.32 Å². The van der Waals surface area contributed by atoms with Crippen LogP contribution in [0.5, 0.6) is 0 Å². The number of hydrogen-bond donors (Lipinski definition) is 1. The monoisotopic (exact) mass is 309 g/mol. The van der Waals surface area contributed by atoms with E-state index in [0.29, 0.717) is 6.04 Å². The van der Waals surface area contributed by atoms with Gasteiger partial charge in [0.25, 0.3) is 0 Å². The van der Waals surface area contributed by atoms with Crippen LogP contribution in [-0.2, 0) is 19.9 Å². The second kappa shape index (κ2) is 6.06. The van der Waals surface area contributed by atoms with Crippen molar-refractivity contribution in [3.8, 4) is 0 Å². The maximum Gasteiger partial charge on any atom is 0.176 e. The van der Waals surface area contributed by atoms with Gasteiger partial charge in [0.05, 0.1) is 7.05 Å². The third-order valence-corrected chi connectivity index (χ3v) is 3.31. The minimum Gasteiger partial charge on any atom is -0.316 e. The van der Waals surface area contributed by atoms with Crippen molar-refractivity contribution in [3.05, 3.63) is 40.1 Å². The van der Waals surface area contributed by atoms with Crippen molar-refractivity contribution in [2.24, 2.45) is 7.05 Å². The third-order valence-electron chi connectivity index (χ3n) is 2.78. The zero-order chi connectivity index (χ0) is 13.0. The van der Waals surface area contributed by atoms with Crippen LogP contribution in [0.1, 0.15) is 11.4 Å². The van der Waals surface area contributed by atoms with Gasteiger partial charge in [-0.1, -0.05) is 28.1 Å². The van der Waals surface area contributed by atoms with Gasteiger partial charge < -0.3 is 5.32 Å². The first kappa shape index (κ1) is 13.2. The topological polar surface area (TPSA) is 55.6 Å². The number of nitrogens with one attached hydrogen (secondary N) is 1. The quantitative estimate of drug-likeness (QED) is 0.906. The summed E-state index contributed by atoms with van der Waals surface area (Å²) in [6.45, 7) is 0. The number of hydrogen-bond acceptors (Lipinski definition) is 4. The lowest BCUT2D eigenvalue weighted by Gasteiger charge is -2.14. The molecule has 0 saturated carbocycles. The number of aryl methyl sites for hydroxylation is 1. The Kier molecular flexibility index (Phi) is 4.43. The molecule has 1 unspecified atom stereocenters. The summed E-state index contributed by atoms with van der Waals surface area (Å²) in [7, 11) is 3.74. The first-order valence-corrected chi connectivity index (χ1v) is 6.61. The lowest BCUT2D eigenvalue weighted by atomic mass is 10.0. The Morgan fingerprint density at radius 1 is 1.28 bits per heavy atom. The van der Waals surface area contributed by atoms with E-state index in [1.54, 1.807) is 7.05 Å². The molecule has 18 heavy (non-hydrogen) atoms.